The number of carbonyl (C=O) groups excluding carboxylic acids is 3. The number of allylic oxidation sites excluding steroid dienone is 2. The van der Waals surface area contributed by atoms with Crippen molar-refractivity contribution in [1.29, 1.82) is 0 Å². The summed E-state index contributed by atoms with van der Waals surface area (Å²) in [6, 6.07) is 0. The van der Waals surface area contributed by atoms with Crippen molar-refractivity contribution in [2.75, 3.05) is 26.3 Å². The first-order chi connectivity index (χ1) is 16.5. The standard InChI is InChI=1S/C28H51NO5/c1-4-7-8-9-10-11-12-13-14-15-16-17-18-19-20-21-26(30)29(22-24-33-27(31)5-2)23-25-34-28(32)6-3/h13-14H,4-12,15-25H2,1-3H3/b14-13-. The van der Waals surface area contributed by atoms with Crippen LogP contribution in [0.1, 0.15) is 124 Å². The van der Waals surface area contributed by atoms with Gasteiger partial charge in [0.15, 0.2) is 0 Å². The van der Waals surface area contributed by atoms with Crippen molar-refractivity contribution in [2.45, 2.75) is 124 Å². The summed E-state index contributed by atoms with van der Waals surface area (Å²) in [7, 11) is 0. The van der Waals surface area contributed by atoms with Gasteiger partial charge in [0.1, 0.15) is 13.2 Å². The topological polar surface area (TPSA) is 72.9 Å². The predicted octanol–water partition coefficient (Wildman–Crippen LogP) is 6.76. The number of unbranched alkanes of at least 4 members (excludes halogenated alkanes) is 11. The molecule has 0 fully saturated rings. The Kier molecular flexibility index (Phi) is 23.0. The van der Waals surface area contributed by atoms with Crippen molar-refractivity contribution in [2.24, 2.45) is 0 Å². The second-order valence-electron chi connectivity index (χ2n) is 8.86. The SMILES string of the molecule is CCCCCCCC/C=C\CCCCCCCC(=O)N(CCOC(=O)CC)CCOC(=O)CC. The molecule has 0 spiro atoms. The molecule has 0 N–H and O–H groups in total. The van der Waals surface area contributed by atoms with Gasteiger partial charge in [0, 0.05) is 19.3 Å². The molecule has 0 aliphatic heterocycles. The Morgan fingerprint density at radius 1 is 0.618 bits per heavy atom. The van der Waals surface area contributed by atoms with Crippen LogP contribution in [0.15, 0.2) is 12.2 Å². The summed E-state index contributed by atoms with van der Waals surface area (Å²) < 4.78 is 10.2. The van der Waals surface area contributed by atoms with Gasteiger partial charge in [-0.05, 0) is 32.1 Å². The van der Waals surface area contributed by atoms with E-state index < -0.39 is 0 Å². The van der Waals surface area contributed by atoms with Gasteiger partial charge in [0.05, 0.1) is 13.1 Å². The van der Waals surface area contributed by atoms with Gasteiger partial charge >= 0.3 is 11.9 Å². The summed E-state index contributed by atoms with van der Waals surface area (Å²) in [5.41, 5.74) is 0. The Labute approximate surface area is 208 Å². The average molecular weight is 482 g/mol. The van der Waals surface area contributed by atoms with Crippen LogP contribution >= 0.6 is 0 Å². The Bertz CT molecular complexity index is 525. The maximum absolute atomic E-state index is 12.6. The lowest BCUT2D eigenvalue weighted by Gasteiger charge is -2.22. The van der Waals surface area contributed by atoms with E-state index in [-0.39, 0.29) is 31.1 Å². The molecule has 0 aromatic heterocycles. The third kappa shape index (κ3) is 20.7. The largest absolute Gasteiger partial charge is 0.464 e. The minimum atomic E-state index is -0.276. The van der Waals surface area contributed by atoms with E-state index in [0.29, 0.717) is 32.4 Å². The van der Waals surface area contributed by atoms with Gasteiger partial charge in [-0.15, -0.1) is 0 Å². The molecule has 1 amide bonds. The molecule has 0 aliphatic rings. The van der Waals surface area contributed by atoms with Crippen molar-refractivity contribution in [3.8, 4) is 0 Å². The van der Waals surface area contributed by atoms with Crippen molar-refractivity contribution in [3.63, 3.8) is 0 Å². The van der Waals surface area contributed by atoms with Crippen molar-refractivity contribution < 1.29 is 23.9 Å². The zero-order chi connectivity index (χ0) is 25.3. The molecule has 0 saturated carbocycles. The van der Waals surface area contributed by atoms with Crippen LogP contribution in [-0.4, -0.2) is 49.0 Å². The van der Waals surface area contributed by atoms with Crippen molar-refractivity contribution >= 4 is 17.8 Å². The van der Waals surface area contributed by atoms with E-state index in [1.54, 1.807) is 18.7 Å². The predicted molar refractivity (Wildman–Crippen MR) is 139 cm³/mol. The minimum Gasteiger partial charge on any atom is -0.464 e. The van der Waals surface area contributed by atoms with Gasteiger partial charge in [0.2, 0.25) is 5.91 Å². The molecule has 34 heavy (non-hydrogen) atoms. The quantitative estimate of drug-likeness (QED) is 0.0916. The van der Waals surface area contributed by atoms with Gasteiger partial charge in [-0.1, -0.05) is 84.3 Å². The number of rotatable bonds is 23. The van der Waals surface area contributed by atoms with E-state index in [2.05, 4.69) is 19.1 Å². The maximum Gasteiger partial charge on any atom is 0.305 e. The second-order valence-corrected chi connectivity index (χ2v) is 8.86. The van der Waals surface area contributed by atoms with Crippen LogP contribution in [0.5, 0.6) is 0 Å². The molecule has 0 rings (SSSR count). The Hall–Kier alpha value is -1.85. The number of hydrogen-bond donors (Lipinski definition) is 0. The molecule has 0 radical (unpaired) electrons. The number of esters is 2. The molecule has 6 nitrogen and oxygen atoms in total. The molecule has 0 aromatic carbocycles. The van der Waals surface area contributed by atoms with Gasteiger partial charge < -0.3 is 14.4 Å². The first-order valence-corrected chi connectivity index (χ1v) is 13.8. The third-order valence-corrected chi connectivity index (χ3v) is 5.83. The lowest BCUT2D eigenvalue weighted by molar-refractivity contribution is -0.147. The van der Waals surface area contributed by atoms with Crippen LogP contribution in [0, 0.1) is 0 Å². The summed E-state index contributed by atoms with van der Waals surface area (Å²) in [6.07, 6.45) is 21.7. The first-order valence-electron chi connectivity index (χ1n) is 13.8. The van der Waals surface area contributed by atoms with Gasteiger partial charge in [-0.2, -0.15) is 0 Å². The van der Waals surface area contributed by atoms with Crippen LogP contribution < -0.4 is 0 Å². The molecular formula is C28H51NO5. The van der Waals surface area contributed by atoms with E-state index >= 15 is 0 Å². The highest BCUT2D eigenvalue weighted by Gasteiger charge is 2.14. The lowest BCUT2D eigenvalue weighted by Crippen LogP contribution is -2.37. The summed E-state index contributed by atoms with van der Waals surface area (Å²) in [4.78, 5) is 36.9. The van der Waals surface area contributed by atoms with Gasteiger partial charge in [-0.25, -0.2) is 0 Å². The molecule has 198 valence electrons. The van der Waals surface area contributed by atoms with E-state index in [1.165, 1.54) is 57.8 Å². The number of carbonyl (C=O) groups is 3. The van der Waals surface area contributed by atoms with Crippen LogP contribution in [0.2, 0.25) is 0 Å². The number of ether oxygens (including phenoxy) is 2. The maximum atomic E-state index is 12.6. The fourth-order valence-electron chi connectivity index (χ4n) is 3.61. The fraction of sp³-hybridized carbons (Fsp3) is 0.821. The normalized spacial score (nSPS) is 11.0. The molecule has 0 saturated heterocycles. The smallest absolute Gasteiger partial charge is 0.305 e. The number of amides is 1. The summed E-state index contributed by atoms with van der Waals surface area (Å²) in [5.74, 6) is -0.526. The molecular weight excluding hydrogens is 430 g/mol. The Morgan fingerprint density at radius 3 is 1.53 bits per heavy atom. The number of nitrogens with zero attached hydrogens (tertiary/aromatic N) is 1. The van der Waals surface area contributed by atoms with Crippen LogP contribution in [0.25, 0.3) is 0 Å². The third-order valence-electron chi connectivity index (χ3n) is 5.83. The number of hydrogen-bond acceptors (Lipinski definition) is 5. The minimum absolute atomic E-state index is 0.0257. The van der Waals surface area contributed by atoms with Gasteiger partial charge in [-0.3, -0.25) is 14.4 Å². The molecule has 0 atom stereocenters. The Balaban J connectivity index is 3.91. The molecule has 0 bridgehead atoms. The molecule has 0 aliphatic carbocycles. The zero-order valence-corrected chi connectivity index (χ0v) is 22.3. The van der Waals surface area contributed by atoms with E-state index in [1.807, 2.05) is 0 Å². The average Bonchev–Trinajstić information content (AvgIpc) is 2.84. The van der Waals surface area contributed by atoms with E-state index in [4.69, 9.17) is 9.47 Å². The highest BCUT2D eigenvalue weighted by Crippen LogP contribution is 2.11. The zero-order valence-electron chi connectivity index (χ0n) is 22.3. The van der Waals surface area contributed by atoms with Crippen molar-refractivity contribution in [3.05, 3.63) is 12.2 Å². The van der Waals surface area contributed by atoms with Crippen LogP contribution in [-0.2, 0) is 23.9 Å². The van der Waals surface area contributed by atoms with Crippen LogP contribution in [0.4, 0.5) is 0 Å². The van der Waals surface area contributed by atoms with Crippen LogP contribution in [0.3, 0.4) is 0 Å². The molecule has 0 unspecified atom stereocenters. The summed E-state index contributed by atoms with van der Waals surface area (Å²) in [5, 5.41) is 0. The fourth-order valence-corrected chi connectivity index (χ4v) is 3.61. The molecule has 0 aromatic rings. The molecule has 6 heteroatoms. The molecule has 0 heterocycles. The van der Waals surface area contributed by atoms with Crippen molar-refractivity contribution in [1.82, 2.24) is 4.90 Å². The van der Waals surface area contributed by atoms with E-state index in [0.717, 1.165) is 25.7 Å². The van der Waals surface area contributed by atoms with Gasteiger partial charge in [0.25, 0.3) is 0 Å². The second kappa shape index (κ2) is 24.3. The highest BCUT2D eigenvalue weighted by atomic mass is 16.5. The highest BCUT2D eigenvalue weighted by molar-refractivity contribution is 5.76. The summed E-state index contributed by atoms with van der Waals surface area (Å²) in [6.45, 7) is 6.74. The summed E-state index contributed by atoms with van der Waals surface area (Å²) >= 11 is 0. The van der Waals surface area contributed by atoms with E-state index in [9.17, 15) is 14.4 Å². The monoisotopic (exact) mass is 481 g/mol. The Morgan fingerprint density at radius 2 is 1.06 bits per heavy atom. The lowest BCUT2D eigenvalue weighted by atomic mass is 10.1. The first kappa shape index (κ1) is 32.1.